The van der Waals surface area contributed by atoms with Gasteiger partial charge in [0.2, 0.25) is 5.91 Å². The number of amides is 2. The second kappa shape index (κ2) is 5.98. The average Bonchev–Trinajstić information content (AvgIpc) is 2.28. The number of primary amides is 1. The lowest BCUT2D eigenvalue weighted by molar-refractivity contribution is 0.0944. The van der Waals surface area contributed by atoms with Crippen LogP contribution in [0.1, 0.15) is 41.1 Å². The SMILES string of the molecule is CC(C)CCNC(=O)c1ccc(C(N)=O)cn1. The van der Waals surface area contributed by atoms with Crippen molar-refractivity contribution in [3.05, 3.63) is 29.6 Å². The van der Waals surface area contributed by atoms with Gasteiger partial charge in [-0.05, 0) is 24.5 Å². The molecule has 0 atom stereocenters. The number of carbonyl (C=O) groups is 2. The molecule has 2 amide bonds. The third-order valence-electron chi connectivity index (χ3n) is 2.29. The van der Waals surface area contributed by atoms with E-state index >= 15 is 0 Å². The average molecular weight is 235 g/mol. The number of hydrogen-bond acceptors (Lipinski definition) is 3. The number of nitrogens with zero attached hydrogens (tertiary/aromatic N) is 1. The zero-order valence-corrected chi connectivity index (χ0v) is 10.1. The van der Waals surface area contributed by atoms with Gasteiger partial charge in [-0.15, -0.1) is 0 Å². The van der Waals surface area contributed by atoms with E-state index in [1.54, 1.807) is 0 Å². The van der Waals surface area contributed by atoms with Gasteiger partial charge in [-0.25, -0.2) is 0 Å². The van der Waals surface area contributed by atoms with Gasteiger partial charge >= 0.3 is 0 Å². The van der Waals surface area contributed by atoms with Crippen molar-refractivity contribution in [2.24, 2.45) is 11.7 Å². The van der Waals surface area contributed by atoms with Crippen molar-refractivity contribution in [1.29, 1.82) is 0 Å². The van der Waals surface area contributed by atoms with Crippen LogP contribution in [-0.4, -0.2) is 23.3 Å². The maximum absolute atomic E-state index is 11.6. The molecule has 1 aromatic rings. The Morgan fingerprint density at radius 1 is 1.41 bits per heavy atom. The van der Waals surface area contributed by atoms with Gasteiger partial charge in [0.05, 0.1) is 5.56 Å². The largest absolute Gasteiger partial charge is 0.366 e. The summed E-state index contributed by atoms with van der Waals surface area (Å²) >= 11 is 0. The van der Waals surface area contributed by atoms with Crippen LogP contribution in [0.5, 0.6) is 0 Å². The molecule has 17 heavy (non-hydrogen) atoms. The van der Waals surface area contributed by atoms with E-state index in [-0.39, 0.29) is 5.91 Å². The van der Waals surface area contributed by atoms with Gasteiger partial charge in [-0.1, -0.05) is 13.8 Å². The molecule has 0 aliphatic rings. The normalized spacial score (nSPS) is 10.3. The molecule has 5 heteroatoms. The molecule has 0 saturated carbocycles. The van der Waals surface area contributed by atoms with Crippen LogP contribution in [0.3, 0.4) is 0 Å². The third-order valence-corrected chi connectivity index (χ3v) is 2.29. The zero-order valence-electron chi connectivity index (χ0n) is 10.1. The molecule has 0 unspecified atom stereocenters. The first-order valence-electron chi connectivity index (χ1n) is 5.54. The van der Waals surface area contributed by atoms with E-state index in [2.05, 4.69) is 24.1 Å². The van der Waals surface area contributed by atoms with Crippen molar-refractivity contribution in [1.82, 2.24) is 10.3 Å². The van der Waals surface area contributed by atoms with Crippen molar-refractivity contribution < 1.29 is 9.59 Å². The van der Waals surface area contributed by atoms with E-state index in [0.29, 0.717) is 23.7 Å². The molecule has 0 radical (unpaired) electrons. The van der Waals surface area contributed by atoms with E-state index in [0.717, 1.165) is 6.42 Å². The molecular formula is C12H17N3O2. The van der Waals surface area contributed by atoms with Crippen LogP contribution >= 0.6 is 0 Å². The summed E-state index contributed by atoms with van der Waals surface area (Å²) in [4.78, 5) is 26.3. The molecular weight excluding hydrogens is 218 g/mol. The molecule has 1 rings (SSSR count). The Balaban J connectivity index is 2.55. The molecule has 0 aliphatic carbocycles. The Bertz CT molecular complexity index is 399. The quantitative estimate of drug-likeness (QED) is 0.797. The molecule has 0 fully saturated rings. The lowest BCUT2D eigenvalue weighted by Crippen LogP contribution is -2.26. The fourth-order valence-corrected chi connectivity index (χ4v) is 1.24. The molecule has 1 aromatic heterocycles. The number of rotatable bonds is 5. The van der Waals surface area contributed by atoms with Crippen LogP contribution in [-0.2, 0) is 0 Å². The van der Waals surface area contributed by atoms with Gasteiger partial charge in [-0.3, -0.25) is 14.6 Å². The number of hydrogen-bond donors (Lipinski definition) is 2. The predicted molar refractivity (Wildman–Crippen MR) is 64.5 cm³/mol. The first-order chi connectivity index (χ1) is 8.00. The Morgan fingerprint density at radius 3 is 2.59 bits per heavy atom. The van der Waals surface area contributed by atoms with Gasteiger partial charge in [0.15, 0.2) is 0 Å². The Morgan fingerprint density at radius 2 is 2.12 bits per heavy atom. The number of pyridine rings is 1. The van der Waals surface area contributed by atoms with Gasteiger partial charge in [0.25, 0.3) is 5.91 Å². The van der Waals surface area contributed by atoms with Crippen LogP contribution < -0.4 is 11.1 Å². The highest BCUT2D eigenvalue weighted by Gasteiger charge is 2.08. The second-order valence-corrected chi connectivity index (χ2v) is 4.23. The summed E-state index contributed by atoms with van der Waals surface area (Å²) in [7, 11) is 0. The highest BCUT2D eigenvalue weighted by atomic mass is 16.2. The molecule has 0 bridgehead atoms. The summed E-state index contributed by atoms with van der Waals surface area (Å²) in [5.74, 6) is -0.244. The summed E-state index contributed by atoms with van der Waals surface area (Å²) in [6.07, 6.45) is 2.23. The maximum Gasteiger partial charge on any atom is 0.269 e. The molecule has 3 N–H and O–H groups in total. The number of nitrogens with one attached hydrogen (secondary N) is 1. The minimum absolute atomic E-state index is 0.235. The van der Waals surface area contributed by atoms with Gasteiger partial charge < -0.3 is 11.1 Å². The van der Waals surface area contributed by atoms with Crippen molar-refractivity contribution in [3.8, 4) is 0 Å². The first kappa shape index (κ1) is 13.2. The van der Waals surface area contributed by atoms with E-state index in [9.17, 15) is 9.59 Å². The monoisotopic (exact) mass is 235 g/mol. The Labute approximate surface area is 100 Å². The Kier molecular flexibility index (Phi) is 4.63. The van der Waals surface area contributed by atoms with Crippen LogP contribution in [0.15, 0.2) is 18.3 Å². The number of aromatic nitrogens is 1. The highest BCUT2D eigenvalue weighted by Crippen LogP contribution is 2.01. The van der Waals surface area contributed by atoms with E-state index in [1.807, 2.05) is 0 Å². The molecule has 5 nitrogen and oxygen atoms in total. The fourth-order valence-electron chi connectivity index (χ4n) is 1.24. The molecule has 0 aromatic carbocycles. The Hall–Kier alpha value is -1.91. The van der Waals surface area contributed by atoms with Crippen LogP contribution in [0.4, 0.5) is 0 Å². The number of carbonyl (C=O) groups excluding carboxylic acids is 2. The standard InChI is InChI=1S/C12H17N3O2/c1-8(2)5-6-14-12(17)10-4-3-9(7-15-10)11(13)16/h3-4,7-8H,5-6H2,1-2H3,(H2,13,16)(H,14,17). The zero-order chi connectivity index (χ0) is 12.8. The lowest BCUT2D eigenvalue weighted by Gasteiger charge is -2.06. The minimum Gasteiger partial charge on any atom is -0.366 e. The first-order valence-corrected chi connectivity index (χ1v) is 5.54. The van der Waals surface area contributed by atoms with Gasteiger partial charge in [0.1, 0.15) is 5.69 Å². The van der Waals surface area contributed by atoms with Crippen molar-refractivity contribution in [2.75, 3.05) is 6.54 Å². The van der Waals surface area contributed by atoms with Crippen molar-refractivity contribution in [2.45, 2.75) is 20.3 Å². The molecule has 0 aliphatic heterocycles. The summed E-state index contributed by atoms with van der Waals surface area (Å²) in [6.45, 7) is 4.80. The molecule has 1 heterocycles. The van der Waals surface area contributed by atoms with Gasteiger partial charge in [-0.2, -0.15) is 0 Å². The van der Waals surface area contributed by atoms with Crippen molar-refractivity contribution in [3.63, 3.8) is 0 Å². The van der Waals surface area contributed by atoms with Crippen LogP contribution in [0, 0.1) is 5.92 Å². The lowest BCUT2D eigenvalue weighted by atomic mass is 10.1. The summed E-state index contributed by atoms with van der Waals surface area (Å²) in [6, 6.07) is 2.98. The summed E-state index contributed by atoms with van der Waals surface area (Å²) in [5.41, 5.74) is 5.66. The number of nitrogens with two attached hydrogens (primary N) is 1. The smallest absolute Gasteiger partial charge is 0.269 e. The molecule has 0 spiro atoms. The maximum atomic E-state index is 11.6. The fraction of sp³-hybridized carbons (Fsp3) is 0.417. The molecule has 92 valence electrons. The van der Waals surface area contributed by atoms with Gasteiger partial charge in [0, 0.05) is 12.7 Å². The third kappa shape index (κ3) is 4.22. The van der Waals surface area contributed by atoms with Crippen LogP contribution in [0.25, 0.3) is 0 Å². The van der Waals surface area contributed by atoms with E-state index in [1.165, 1.54) is 18.3 Å². The van der Waals surface area contributed by atoms with E-state index < -0.39 is 5.91 Å². The van der Waals surface area contributed by atoms with E-state index in [4.69, 9.17) is 5.73 Å². The molecule has 0 saturated heterocycles. The van der Waals surface area contributed by atoms with Crippen LogP contribution in [0.2, 0.25) is 0 Å². The topological polar surface area (TPSA) is 85.1 Å². The second-order valence-electron chi connectivity index (χ2n) is 4.23. The summed E-state index contributed by atoms with van der Waals surface area (Å²) < 4.78 is 0. The summed E-state index contributed by atoms with van der Waals surface area (Å²) in [5, 5.41) is 2.76. The highest BCUT2D eigenvalue weighted by molar-refractivity contribution is 5.95. The minimum atomic E-state index is -0.552. The van der Waals surface area contributed by atoms with Crippen molar-refractivity contribution >= 4 is 11.8 Å². The predicted octanol–water partition coefficient (Wildman–Crippen LogP) is 0.956.